The number of benzene rings is 1. The van der Waals surface area contributed by atoms with Crippen LogP contribution in [0.2, 0.25) is 5.02 Å². The van der Waals surface area contributed by atoms with Gasteiger partial charge in [0.25, 0.3) is 5.91 Å². The molecule has 0 aliphatic carbocycles. The predicted octanol–water partition coefficient (Wildman–Crippen LogP) is 2.03. The molecule has 0 saturated carbocycles. The molecule has 0 bridgehead atoms. The average molecular weight is 349 g/mol. The van der Waals surface area contributed by atoms with E-state index in [4.69, 9.17) is 21.1 Å². The molecule has 0 unspecified atom stereocenters. The highest BCUT2D eigenvalue weighted by atomic mass is 35.5. The number of carbonyl (C=O) groups is 1. The Morgan fingerprint density at radius 1 is 1.32 bits per heavy atom. The fraction of sp³-hybridized carbons (Fsp3) is 0.533. The highest BCUT2D eigenvalue weighted by Gasteiger charge is 2.39. The standard InChI is InChI=1S/C15H21ClN2O3.ClH/c1-20-15(6-8-17-9-7-15)14(19)18-10-11-21-13-4-2-12(16)3-5-13;/h2-5,17H,6-11H2,1H3,(H,18,19);1H. The van der Waals surface area contributed by atoms with Gasteiger partial charge in [0.05, 0.1) is 6.54 Å². The highest BCUT2D eigenvalue weighted by Crippen LogP contribution is 2.22. The Kier molecular flexibility index (Phi) is 7.96. The molecule has 1 aromatic carbocycles. The minimum Gasteiger partial charge on any atom is -0.492 e. The van der Waals surface area contributed by atoms with Gasteiger partial charge in [0.1, 0.15) is 18.0 Å². The molecule has 1 aliphatic heterocycles. The molecule has 5 nitrogen and oxygen atoms in total. The zero-order valence-corrected chi connectivity index (χ0v) is 14.1. The molecule has 124 valence electrons. The molecule has 0 atom stereocenters. The van der Waals surface area contributed by atoms with Crippen molar-refractivity contribution in [2.45, 2.75) is 18.4 Å². The van der Waals surface area contributed by atoms with Crippen LogP contribution >= 0.6 is 24.0 Å². The number of piperidine rings is 1. The Morgan fingerprint density at radius 2 is 1.95 bits per heavy atom. The molecule has 0 spiro atoms. The number of rotatable bonds is 6. The van der Waals surface area contributed by atoms with Crippen LogP contribution in [0.15, 0.2) is 24.3 Å². The number of halogens is 2. The van der Waals surface area contributed by atoms with Crippen LogP contribution in [0.1, 0.15) is 12.8 Å². The van der Waals surface area contributed by atoms with Crippen molar-refractivity contribution in [2.75, 3.05) is 33.4 Å². The van der Waals surface area contributed by atoms with Crippen LogP contribution in [0.4, 0.5) is 0 Å². The maximum absolute atomic E-state index is 12.3. The van der Waals surface area contributed by atoms with Crippen molar-refractivity contribution < 1.29 is 14.3 Å². The van der Waals surface area contributed by atoms with Crippen molar-refractivity contribution >= 4 is 29.9 Å². The van der Waals surface area contributed by atoms with Gasteiger partial charge < -0.3 is 20.1 Å². The lowest BCUT2D eigenvalue weighted by molar-refractivity contribution is -0.146. The Bertz CT molecular complexity index is 462. The predicted molar refractivity (Wildman–Crippen MR) is 89.0 cm³/mol. The summed E-state index contributed by atoms with van der Waals surface area (Å²) >= 11 is 5.80. The largest absolute Gasteiger partial charge is 0.492 e. The van der Waals surface area contributed by atoms with Crippen molar-refractivity contribution in [1.82, 2.24) is 10.6 Å². The molecule has 22 heavy (non-hydrogen) atoms. The second-order valence-electron chi connectivity index (χ2n) is 5.01. The number of nitrogens with one attached hydrogen (secondary N) is 2. The zero-order chi connectivity index (χ0) is 15.1. The summed E-state index contributed by atoms with van der Waals surface area (Å²) in [6.07, 6.45) is 1.38. The summed E-state index contributed by atoms with van der Waals surface area (Å²) in [6.45, 7) is 2.44. The molecule has 1 fully saturated rings. The summed E-state index contributed by atoms with van der Waals surface area (Å²) in [7, 11) is 1.59. The third-order valence-corrected chi connectivity index (χ3v) is 3.94. The summed E-state index contributed by atoms with van der Waals surface area (Å²) in [5, 5.41) is 6.78. The van der Waals surface area contributed by atoms with E-state index in [1.165, 1.54) is 0 Å². The third-order valence-electron chi connectivity index (χ3n) is 3.69. The zero-order valence-electron chi connectivity index (χ0n) is 12.6. The Balaban J connectivity index is 0.00000242. The molecule has 1 heterocycles. The average Bonchev–Trinajstić information content (AvgIpc) is 2.53. The molecule has 2 N–H and O–H groups in total. The van der Waals surface area contributed by atoms with E-state index < -0.39 is 5.60 Å². The van der Waals surface area contributed by atoms with E-state index in [2.05, 4.69) is 10.6 Å². The van der Waals surface area contributed by atoms with Gasteiger partial charge in [0.15, 0.2) is 0 Å². The lowest BCUT2D eigenvalue weighted by atomic mass is 9.91. The number of hydrogen-bond acceptors (Lipinski definition) is 4. The fourth-order valence-electron chi connectivity index (χ4n) is 2.38. The van der Waals surface area contributed by atoms with Crippen molar-refractivity contribution in [3.8, 4) is 5.75 Å². The lowest BCUT2D eigenvalue weighted by Gasteiger charge is -2.34. The Labute approximate surface area is 142 Å². The first-order chi connectivity index (χ1) is 10.2. The van der Waals surface area contributed by atoms with E-state index in [0.717, 1.165) is 18.8 Å². The Hall–Kier alpha value is -1.01. The first-order valence-corrected chi connectivity index (χ1v) is 7.47. The van der Waals surface area contributed by atoms with Crippen molar-refractivity contribution in [2.24, 2.45) is 0 Å². The van der Waals surface area contributed by atoms with Crippen molar-refractivity contribution in [3.63, 3.8) is 0 Å². The normalized spacial score (nSPS) is 16.5. The number of methoxy groups -OCH3 is 1. The summed E-state index contributed by atoms with van der Waals surface area (Å²) in [5.74, 6) is 0.670. The number of amides is 1. The van der Waals surface area contributed by atoms with Crippen molar-refractivity contribution in [3.05, 3.63) is 29.3 Å². The molecule has 0 radical (unpaired) electrons. The van der Waals surface area contributed by atoms with Gasteiger partial charge in [-0.2, -0.15) is 0 Å². The van der Waals surface area contributed by atoms with Gasteiger partial charge in [0, 0.05) is 12.1 Å². The topological polar surface area (TPSA) is 59.6 Å². The number of hydrogen-bond donors (Lipinski definition) is 2. The van der Waals surface area contributed by atoms with Crippen LogP contribution in [0.25, 0.3) is 0 Å². The van der Waals surface area contributed by atoms with Gasteiger partial charge in [-0.05, 0) is 50.2 Å². The summed E-state index contributed by atoms with van der Waals surface area (Å²) in [4.78, 5) is 12.3. The van der Waals surface area contributed by atoms with E-state index in [0.29, 0.717) is 31.0 Å². The van der Waals surface area contributed by atoms with E-state index in [-0.39, 0.29) is 18.3 Å². The van der Waals surface area contributed by atoms with E-state index in [9.17, 15) is 4.79 Å². The summed E-state index contributed by atoms with van der Waals surface area (Å²) in [6, 6.07) is 7.13. The molecule has 0 aromatic heterocycles. The summed E-state index contributed by atoms with van der Waals surface area (Å²) in [5.41, 5.74) is -0.703. The smallest absolute Gasteiger partial charge is 0.252 e. The third kappa shape index (κ3) is 5.02. The van der Waals surface area contributed by atoms with Gasteiger partial charge in [-0.25, -0.2) is 0 Å². The second-order valence-corrected chi connectivity index (χ2v) is 5.44. The van der Waals surface area contributed by atoms with Crippen LogP contribution in [0, 0.1) is 0 Å². The van der Waals surface area contributed by atoms with E-state index >= 15 is 0 Å². The van der Waals surface area contributed by atoms with Crippen LogP contribution in [0.3, 0.4) is 0 Å². The Morgan fingerprint density at radius 3 is 2.55 bits per heavy atom. The van der Waals surface area contributed by atoms with Crippen LogP contribution < -0.4 is 15.4 Å². The van der Waals surface area contributed by atoms with Crippen LogP contribution in [-0.2, 0) is 9.53 Å². The first-order valence-electron chi connectivity index (χ1n) is 7.09. The quantitative estimate of drug-likeness (QED) is 0.772. The van der Waals surface area contributed by atoms with Crippen molar-refractivity contribution in [1.29, 1.82) is 0 Å². The molecule has 2 rings (SSSR count). The van der Waals surface area contributed by atoms with Gasteiger partial charge in [-0.1, -0.05) is 11.6 Å². The van der Waals surface area contributed by atoms with Gasteiger partial charge in [0.2, 0.25) is 0 Å². The maximum atomic E-state index is 12.3. The van der Waals surface area contributed by atoms with Gasteiger partial charge in [-0.15, -0.1) is 12.4 Å². The SMILES string of the molecule is COC1(C(=O)NCCOc2ccc(Cl)cc2)CCNCC1.Cl. The number of carbonyl (C=O) groups excluding carboxylic acids is 1. The second kappa shape index (κ2) is 9.20. The molecule has 7 heteroatoms. The van der Waals surface area contributed by atoms with E-state index in [1.807, 2.05) is 0 Å². The molecule has 1 aromatic rings. The number of ether oxygens (including phenoxy) is 2. The molecular weight excluding hydrogens is 327 g/mol. The fourth-order valence-corrected chi connectivity index (χ4v) is 2.51. The minimum absolute atomic E-state index is 0. The molecular formula is C15H22Cl2N2O3. The first kappa shape index (κ1) is 19.0. The monoisotopic (exact) mass is 348 g/mol. The van der Waals surface area contributed by atoms with Crippen LogP contribution in [-0.4, -0.2) is 44.9 Å². The molecule has 1 saturated heterocycles. The molecule has 1 amide bonds. The van der Waals surface area contributed by atoms with Crippen LogP contribution in [0.5, 0.6) is 5.75 Å². The lowest BCUT2D eigenvalue weighted by Crippen LogP contribution is -2.54. The van der Waals surface area contributed by atoms with Gasteiger partial charge >= 0.3 is 0 Å². The summed E-state index contributed by atoms with van der Waals surface area (Å²) < 4.78 is 11.0. The maximum Gasteiger partial charge on any atom is 0.252 e. The highest BCUT2D eigenvalue weighted by molar-refractivity contribution is 6.30. The minimum atomic E-state index is -0.703. The van der Waals surface area contributed by atoms with Gasteiger partial charge in [-0.3, -0.25) is 4.79 Å². The molecule has 1 aliphatic rings. The van der Waals surface area contributed by atoms with E-state index in [1.54, 1.807) is 31.4 Å².